The van der Waals surface area contributed by atoms with Crippen LogP contribution in [0.5, 0.6) is 0 Å². The largest absolute Gasteiger partial charge is 0.371 e. The Morgan fingerprint density at radius 1 is 1.29 bits per heavy atom. The van der Waals surface area contributed by atoms with Crippen LogP contribution in [0.3, 0.4) is 0 Å². The smallest absolute Gasteiger partial charge is 0.173 e. The lowest BCUT2D eigenvalue weighted by atomic mass is 10.2. The summed E-state index contributed by atoms with van der Waals surface area (Å²) in [4.78, 5) is 4.47. The van der Waals surface area contributed by atoms with E-state index < -0.39 is 0 Å². The molecule has 0 radical (unpaired) electrons. The van der Waals surface area contributed by atoms with Crippen LogP contribution in [0.2, 0.25) is 0 Å². The molecule has 4 heteroatoms. The van der Waals surface area contributed by atoms with Crippen LogP contribution < -0.4 is 15.1 Å². The lowest BCUT2D eigenvalue weighted by Crippen LogP contribution is -2.47. The molecule has 92 valence electrons. The minimum atomic E-state index is 0.840. The van der Waals surface area contributed by atoms with Crippen LogP contribution in [0, 0.1) is 0 Å². The molecule has 0 unspecified atom stereocenters. The third-order valence-electron chi connectivity index (χ3n) is 3.01. The maximum absolute atomic E-state index is 5.45. The fourth-order valence-corrected chi connectivity index (χ4v) is 2.34. The fraction of sp³-hybridized carbons (Fsp3) is 0.462. The van der Waals surface area contributed by atoms with Gasteiger partial charge in [-0.25, -0.2) is 0 Å². The average molecular weight is 249 g/mol. The number of hydrogen-bond acceptors (Lipinski definition) is 2. The van der Waals surface area contributed by atoms with E-state index in [1.54, 1.807) is 0 Å². The summed E-state index contributed by atoms with van der Waals surface area (Å²) < 4.78 is 0. The Morgan fingerprint density at radius 3 is 2.71 bits per heavy atom. The van der Waals surface area contributed by atoms with Crippen LogP contribution in [-0.4, -0.2) is 31.8 Å². The molecule has 0 saturated heterocycles. The minimum absolute atomic E-state index is 0.840. The summed E-state index contributed by atoms with van der Waals surface area (Å²) in [5.74, 6) is 0. The monoisotopic (exact) mass is 249 g/mol. The van der Waals surface area contributed by atoms with Gasteiger partial charge in [0.2, 0.25) is 0 Å². The first-order chi connectivity index (χ1) is 8.24. The first-order valence-electron chi connectivity index (χ1n) is 6.09. The Kier molecular flexibility index (Phi) is 3.84. The highest BCUT2D eigenvalue weighted by Crippen LogP contribution is 2.31. The molecule has 0 fully saturated rings. The van der Waals surface area contributed by atoms with Gasteiger partial charge in [-0.1, -0.05) is 19.1 Å². The number of hydrogen-bond donors (Lipinski definition) is 1. The van der Waals surface area contributed by atoms with E-state index in [2.05, 4.69) is 53.4 Å². The molecule has 17 heavy (non-hydrogen) atoms. The van der Waals surface area contributed by atoms with Crippen LogP contribution in [0.1, 0.15) is 13.3 Å². The van der Waals surface area contributed by atoms with Crippen molar-refractivity contribution in [1.82, 2.24) is 5.32 Å². The predicted molar refractivity (Wildman–Crippen MR) is 77.9 cm³/mol. The van der Waals surface area contributed by atoms with Crippen LogP contribution in [-0.2, 0) is 0 Å². The van der Waals surface area contributed by atoms with Crippen molar-refractivity contribution < 1.29 is 0 Å². The highest BCUT2D eigenvalue weighted by Gasteiger charge is 2.21. The number of nitrogens with zero attached hydrogens (tertiary/aromatic N) is 2. The Balaban J connectivity index is 2.21. The lowest BCUT2D eigenvalue weighted by molar-refractivity contribution is 0.794. The summed E-state index contributed by atoms with van der Waals surface area (Å²) >= 11 is 5.45. The van der Waals surface area contributed by atoms with Crippen LogP contribution in [0.4, 0.5) is 11.4 Å². The molecule has 0 atom stereocenters. The highest BCUT2D eigenvalue weighted by molar-refractivity contribution is 7.80. The maximum atomic E-state index is 5.45. The normalized spacial score (nSPS) is 14.5. The minimum Gasteiger partial charge on any atom is -0.371 e. The van der Waals surface area contributed by atoms with E-state index in [-0.39, 0.29) is 0 Å². The van der Waals surface area contributed by atoms with Crippen molar-refractivity contribution in [2.75, 3.05) is 36.5 Å². The van der Waals surface area contributed by atoms with E-state index in [0.717, 1.165) is 31.2 Å². The quantitative estimate of drug-likeness (QED) is 0.810. The van der Waals surface area contributed by atoms with Gasteiger partial charge in [-0.2, -0.15) is 0 Å². The molecule has 1 heterocycles. The Bertz CT molecular complexity index is 405. The summed E-state index contributed by atoms with van der Waals surface area (Å²) in [6, 6.07) is 8.41. The number of anilines is 2. The highest BCUT2D eigenvalue weighted by atomic mass is 32.1. The first-order valence-corrected chi connectivity index (χ1v) is 6.50. The lowest BCUT2D eigenvalue weighted by Gasteiger charge is -2.37. The van der Waals surface area contributed by atoms with Gasteiger partial charge in [0.25, 0.3) is 0 Å². The summed E-state index contributed by atoms with van der Waals surface area (Å²) in [6.07, 6.45) is 1.09. The van der Waals surface area contributed by atoms with E-state index in [0.29, 0.717) is 0 Å². The molecular formula is C13H19N3S. The van der Waals surface area contributed by atoms with Gasteiger partial charge in [-0.05, 0) is 30.8 Å². The molecular weight excluding hydrogens is 230 g/mol. The third kappa shape index (κ3) is 2.52. The summed E-state index contributed by atoms with van der Waals surface area (Å²) in [5, 5.41) is 4.14. The fourth-order valence-electron chi connectivity index (χ4n) is 2.04. The summed E-state index contributed by atoms with van der Waals surface area (Å²) in [6.45, 7) is 5.04. The van der Waals surface area contributed by atoms with Gasteiger partial charge in [0.15, 0.2) is 5.11 Å². The Morgan fingerprint density at radius 2 is 2.00 bits per heavy atom. The molecule has 1 N–H and O–H groups in total. The molecule has 0 spiro atoms. The van der Waals surface area contributed by atoms with Crippen molar-refractivity contribution in [1.29, 1.82) is 0 Å². The standard InChI is InChI=1S/C13H19N3S/c1-3-8-14-13(17)16-10-9-15(2)11-6-4-5-7-12(11)16/h4-7H,3,8-10H2,1-2H3,(H,14,17). The molecule has 0 amide bonds. The molecule has 3 nitrogen and oxygen atoms in total. The number of thiocarbonyl (C=S) groups is 1. The molecule has 1 aliphatic heterocycles. The molecule has 0 saturated carbocycles. The maximum Gasteiger partial charge on any atom is 0.173 e. The zero-order valence-corrected chi connectivity index (χ0v) is 11.3. The molecule has 1 aromatic carbocycles. The van der Waals surface area contributed by atoms with E-state index >= 15 is 0 Å². The van der Waals surface area contributed by atoms with Gasteiger partial charge in [-0.15, -0.1) is 0 Å². The molecule has 1 aliphatic rings. The van der Waals surface area contributed by atoms with Crippen molar-refractivity contribution >= 4 is 28.7 Å². The second kappa shape index (κ2) is 5.36. The predicted octanol–water partition coefficient (Wildman–Crippen LogP) is 2.23. The van der Waals surface area contributed by atoms with E-state index in [4.69, 9.17) is 12.2 Å². The Labute approximate surface area is 108 Å². The molecule has 0 aromatic heterocycles. The number of fused-ring (bicyclic) bond motifs is 1. The molecule has 0 aliphatic carbocycles. The van der Waals surface area contributed by atoms with Crippen molar-refractivity contribution in [2.45, 2.75) is 13.3 Å². The van der Waals surface area contributed by atoms with Crippen LogP contribution in [0.25, 0.3) is 0 Å². The number of rotatable bonds is 2. The SMILES string of the molecule is CCCNC(=S)N1CCN(C)c2ccccc21. The van der Waals surface area contributed by atoms with Gasteiger partial charge in [0.05, 0.1) is 11.4 Å². The summed E-state index contributed by atoms with van der Waals surface area (Å²) in [5.41, 5.74) is 2.45. The zero-order chi connectivity index (χ0) is 12.3. The first kappa shape index (κ1) is 12.2. The third-order valence-corrected chi connectivity index (χ3v) is 3.38. The topological polar surface area (TPSA) is 18.5 Å². The van der Waals surface area contributed by atoms with E-state index in [1.165, 1.54) is 11.4 Å². The average Bonchev–Trinajstić information content (AvgIpc) is 2.37. The van der Waals surface area contributed by atoms with Crippen molar-refractivity contribution in [3.63, 3.8) is 0 Å². The van der Waals surface area contributed by atoms with Gasteiger partial charge >= 0.3 is 0 Å². The molecule has 2 rings (SSSR count). The number of para-hydroxylation sites is 2. The molecule has 1 aromatic rings. The van der Waals surface area contributed by atoms with Gasteiger partial charge < -0.3 is 15.1 Å². The second-order valence-electron chi connectivity index (χ2n) is 4.29. The van der Waals surface area contributed by atoms with Gasteiger partial charge in [0, 0.05) is 26.7 Å². The van der Waals surface area contributed by atoms with Gasteiger partial charge in [0.1, 0.15) is 0 Å². The Hall–Kier alpha value is -1.29. The summed E-state index contributed by atoms with van der Waals surface area (Å²) in [7, 11) is 2.12. The number of likely N-dealkylation sites (N-methyl/N-ethyl adjacent to an activating group) is 1. The zero-order valence-electron chi connectivity index (χ0n) is 10.4. The van der Waals surface area contributed by atoms with Crippen molar-refractivity contribution in [3.05, 3.63) is 24.3 Å². The van der Waals surface area contributed by atoms with Crippen molar-refractivity contribution in [3.8, 4) is 0 Å². The molecule has 0 bridgehead atoms. The number of benzene rings is 1. The van der Waals surface area contributed by atoms with Crippen LogP contribution in [0.15, 0.2) is 24.3 Å². The second-order valence-corrected chi connectivity index (χ2v) is 4.68. The number of nitrogens with one attached hydrogen (secondary N) is 1. The van der Waals surface area contributed by atoms with Crippen LogP contribution >= 0.6 is 12.2 Å². The van der Waals surface area contributed by atoms with E-state index in [1.807, 2.05) is 0 Å². The van der Waals surface area contributed by atoms with E-state index in [9.17, 15) is 0 Å². The van der Waals surface area contributed by atoms with Crippen molar-refractivity contribution in [2.24, 2.45) is 0 Å². The van der Waals surface area contributed by atoms with Gasteiger partial charge in [-0.3, -0.25) is 0 Å².